The maximum absolute atomic E-state index is 10.8. The molecule has 0 bridgehead atoms. The van der Waals surface area contributed by atoms with Gasteiger partial charge in [0, 0.05) is 11.5 Å². The molecule has 6 nitrogen and oxygen atoms in total. The Balaban J connectivity index is 1.92. The van der Waals surface area contributed by atoms with Crippen LogP contribution in [0.5, 0.6) is 0 Å². The molecule has 3 rings (SSSR count). The van der Waals surface area contributed by atoms with Crippen molar-refractivity contribution in [3.8, 4) is 0 Å². The molecule has 0 spiro atoms. The molecule has 1 aromatic carbocycles. The molecule has 0 radical (unpaired) electrons. The van der Waals surface area contributed by atoms with Crippen LogP contribution in [-0.4, -0.2) is 19.5 Å². The van der Waals surface area contributed by atoms with Gasteiger partial charge in [-0.25, -0.2) is 14.5 Å². The molecule has 0 aliphatic carbocycles. The Hall–Kier alpha value is -3.02. The third kappa shape index (κ3) is 2.51. The quantitative estimate of drug-likeness (QED) is 0.546. The second-order valence-electron chi connectivity index (χ2n) is 4.55. The van der Waals surface area contributed by atoms with Gasteiger partial charge in [0.15, 0.2) is 0 Å². The fourth-order valence-electron chi connectivity index (χ4n) is 2.07. The largest absolute Gasteiger partial charge is 0.358 e. The summed E-state index contributed by atoms with van der Waals surface area (Å²) >= 11 is 0. The van der Waals surface area contributed by atoms with Crippen LogP contribution in [0.25, 0.3) is 23.1 Å². The van der Waals surface area contributed by atoms with Gasteiger partial charge in [-0.2, -0.15) is 0 Å². The number of nitrogens with zero attached hydrogens (tertiary/aromatic N) is 4. The molecular formula is C15H12N4O2. The van der Waals surface area contributed by atoms with E-state index < -0.39 is 4.92 Å². The van der Waals surface area contributed by atoms with Crippen LogP contribution in [0.4, 0.5) is 5.82 Å². The lowest BCUT2D eigenvalue weighted by atomic mass is 10.2. The standard InChI is InChI=1S/C15H12N4O2/c1-18-14(16-10-15(18)19(20)21)9-8-12-7-6-11-4-2-3-5-13(11)17-12/h2-10H,1H3/b9-8+. The molecule has 2 heterocycles. The first kappa shape index (κ1) is 13.0. The van der Waals surface area contributed by atoms with Gasteiger partial charge in [0.25, 0.3) is 0 Å². The van der Waals surface area contributed by atoms with Crippen LogP contribution in [0.15, 0.2) is 42.6 Å². The number of para-hydroxylation sites is 1. The normalized spacial score (nSPS) is 11.3. The van der Waals surface area contributed by atoms with Crippen LogP contribution in [0.1, 0.15) is 11.5 Å². The highest BCUT2D eigenvalue weighted by Crippen LogP contribution is 2.16. The summed E-state index contributed by atoms with van der Waals surface area (Å²) in [5.41, 5.74) is 1.69. The molecule has 0 saturated heterocycles. The van der Waals surface area contributed by atoms with Gasteiger partial charge in [-0.05, 0) is 23.1 Å². The molecule has 0 atom stereocenters. The van der Waals surface area contributed by atoms with Gasteiger partial charge in [-0.1, -0.05) is 24.3 Å². The number of aromatic nitrogens is 3. The topological polar surface area (TPSA) is 73.8 Å². The number of benzene rings is 1. The molecule has 0 saturated carbocycles. The van der Waals surface area contributed by atoms with E-state index in [9.17, 15) is 10.1 Å². The van der Waals surface area contributed by atoms with Crippen LogP contribution >= 0.6 is 0 Å². The zero-order valence-corrected chi connectivity index (χ0v) is 11.3. The summed E-state index contributed by atoms with van der Waals surface area (Å²) in [6, 6.07) is 11.7. The van der Waals surface area contributed by atoms with E-state index in [1.807, 2.05) is 36.4 Å². The van der Waals surface area contributed by atoms with Crippen molar-refractivity contribution in [3.05, 3.63) is 64.2 Å². The Morgan fingerprint density at radius 2 is 2.00 bits per heavy atom. The minimum atomic E-state index is -0.460. The highest BCUT2D eigenvalue weighted by atomic mass is 16.6. The van der Waals surface area contributed by atoms with Crippen molar-refractivity contribution in [2.75, 3.05) is 0 Å². The Kier molecular flexibility index (Phi) is 3.19. The fraction of sp³-hybridized carbons (Fsp3) is 0.0667. The minimum absolute atomic E-state index is 0.0406. The second kappa shape index (κ2) is 5.16. The molecule has 21 heavy (non-hydrogen) atoms. The van der Waals surface area contributed by atoms with Gasteiger partial charge in [0.05, 0.1) is 18.3 Å². The third-order valence-corrected chi connectivity index (χ3v) is 3.21. The molecule has 0 unspecified atom stereocenters. The summed E-state index contributed by atoms with van der Waals surface area (Å²) in [6.07, 6.45) is 4.75. The fourth-order valence-corrected chi connectivity index (χ4v) is 2.07. The van der Waals surface area contributed by atoms with Crippen molar-refractivity contribution in [2.45, 2.75) is 0 Å². The summed E-state index contributed by atoms with van der Waals surface area (Å²) < 4.78 is 1.43. The van der Waals surface area contributed by atoms with E-state index in [0.717, 1.165) is 16.6 Å². The molecule has 2 aromatic heterocycles. The third-order valence-electron chi connectivity index (χ3n) is 3.21. The zero-order chi connectivity index (χ0) is 14.8. The monoisotopic (exact) mass is 280 g/mol. The van der Waals surface area contributed by atoms with Gasteiger partial charge < -0.3 is 10.1 Å². The number of hydrogen-bond acceptors (Lipinski definition) is 4. The van der Waals surface area contributed by atoms with E-state index >= 15 is 0 Å². The number of rotatable bonds is 3. The van der Waals surface area contributed by atoms with Crippen LogP contribution in [0.3, 0.4) is 0 Å². The van der Waals surface area contributed by atoms with Crippen molar-refractivity contribution in [2.24, 2.45) is 7.05 Å². The minimum Gasteiger partial charge on any atom is -0.358 e. The number of hydrogen-bond donors (Lipinski definition) is 0. The molecule has 0 amide bonds. The molecule has 104 valence electrons. The second-order valence-corrected chi connectivity index (χ2v) is 4.55. The summed E-state index contributed by atoms with van der Waals surface area (Å²) in [6.45, 7) is 0. The van der Waals surface area contributed by atoms with Gasteiger partial charge in [0.2, 0.25) is 5.82 Å². The Morgan fingerprint density at radius 3 is 2.76 bits per heavy atom. The molecule has 3 aromatic rings. The number of imidazole rings is 1. The van der Waals surface area contributed by atoms with Gasteiger partial charge in [-0.15, -0.1) is 0 Å². The molecule has 0 fully saturated rings. The highest BCUT2D eigenvalue weighted by Gasteiger charge is 2.13. The summed E-state index contributed by atoms with van der Waals surface area (Å²) in [7, 11) is 1.61. The maximum atomic E-state index is 10.8. The molecule has 0 N–H and O–H groups in total. The first-order valence-corrected chi connectivity index (χ1v) is 6.35. The van der Waals surface area contributed by atoms with Crippen molar-refractivity contribution in [3.63, 3.8) is 0 Å². The number of pyridine rings is 1. The summed E-state index contributed by atoms with van der Waals surface area (Å²) in [5, 5.41) is 11.8. The number of nitro groups is 1. The number of fused-ring (bicyclic) bond motifs is 1. The van der Waals surface area contributed by atoms with Gasteiger partial charge >= 0.3 is 5.82 Å². The van der Waals surface area contributed by atoms with Crippen LogP contribution in [-0.2, 0) is 7.05 Å². The van der Waals surface area contributed by atoms with Crippen LogP contribution in [0, 0.1) is 10.1 Å². The van der Waals surface area contributed by atoms with Crippen LogP contribution in [0.2, 0.25) is 0 Å². The Morgan fingerprint density at radius 1 is 1.19 bits per heavy atom. The average molecular weight is 280 g/mol. The maximum Gasteiger partial charge on any atom is 0.342 e. The molecular weight excluding hydrogens is 268 g/mol. The highest BCUT2D eigenvalue weighted by molar-refractivity contribution is 5.80. The first-order chi connectivity index (χ1) is 10.1. The summed E-state index contributed by atoms with van der Waals surface area (Å²) in [5.74, 6) is 0.470. The summed E-state index contributed by atoms with van der Waals surface area (Å²) in [4.78, 5) is 18.8. The predicted molar refractivity (Wildman–Crippen MR) is 80.5 cm³/mol. The SMILES string of the molecule is Cn1c([N+](=O)[O-])cnc1/C=C/c1ccc2ccccc2n1. The van der Waals surface area contributed by atoms with Gasteiger partial charge in [-0.3, -0.25) is 0 Å². The average Bonchev–Trinajstić information content (AvgIpc) is 2.86. The van der Waals surface area contributed by atoms with Crippen molar-refractivity contribution < 1.29 is 4.92 Å². The Labute approximate surface area is 120 Å². The van der Waals surface area contributed by atoms with Crippen molar-refractivity contribution in [1.82, 2.24) is 14.5 Å². The predicted octanol–water partition coefficient (Wildman–Crippen LogP) is 3.05. The van der Waals surface area contributed by atoms with E-state index in [1.165, 1.54) is 10.8 Å². The lowest BCUT2D eigenvalue weighted by molar-refractivity contribution is -0.391. The smallest absolute Gasteiger partial charge is 0.342 e. The van der Waals surface area contributed by atoms with Crippen molar-refractivity contribution >= 4 is 28.9 Å². The molecule has 6 heteroatoms. The lowest BCUT2D eigenvalue weighted by Crippen LogP contribution is -1.98. The molecule has 0 aliphatic heterocycles. The van der Waals surface area contributed by atoms with E-state index in [0.29, 0.717) is 5.82 Å². The van der Waals surface area contributed by atoms with E-state index in [2.05, 4.69) is 9.97 Å². The van der Waals surface area contributed by atoms with Crippen LogP contribution < -0.4 is 0 Å². The van der Waals surface area contributed by atoms with Crippen molar-refractivity contribution in [1.29, 1.82) is 0 Å². The van der Waals surface area contributed by atoms with E-state index in [1.54, 1.807) is 19.2 Å². The van der Waals surface area contributed by atoms with Gasteiger partial charge in [0.1, 0.15) is 6.20 Å². The Bertz CT molecular complexity index is 852. The van der Waals surface area contributed by atoms with E-state index in [-0.39, 0.29) is 5.82 Å². The van der Waals surface area contributed by atoms with E-state index in [4.69, 9.17) is 0 Å². The molecule has 0 aliphatic rings. The first-order valence-electron chi connectivity index (χ1n) is 6.35. The lowest BCUT2D eigenvalue weighted by Gasteiger charge is -1.98. The zero-order valence-electron chi connectivity index (χ0n) is 11.3.